The molecule has 100 valence electrons. The number of anilines is 1. The molecule has 0 saturated heterocycles. The summed E-state index contributed by atoms with van der Waals surface area (Å²) in [5.41, 5.74) is 7.97. The SMILES string of the molecule is COCc1nc(N)cc(Oc2cccc(C)c2C)n1. The van der Waals surface area contributed by atoms with E-state index in [0.29, 0.717) is 24.1 Å². The number of benzene rings is 1. The monoisotopic (exact) mass is 259 g/mol. The number of methoxy groups -OCH3 is 1. The maximum atomic E-state index is 5.77. The van der Waals surface area contributed by atoms with Crippen LogP contribution in [0.25, 0.3) is 0 Å². The highest BCUT2D eigenvalue weighted by atomic mass is 16.5. The summed E-state index contributed by atoms with van der Waals surface area (Å²) in [4.78, 5) is 8.32. The zero-order valence-corrected chi connectivity index (χ0v) is 11.3. The van der Waals surface area contributed by atoms with Crippen LogP contribution < -0.4 is 10.5 Å². The van der Waals surface area contributed by atoms with E-state index in [9.17, 15) is 0 Å². The molecule has 0 amide bonds. The molecule has 5 nitrogen and oxygen atoms in total. The van der Waals surface area contributed by atoms with Gasteiger partial charge >= 0.3 is 0 Å². The molecule has 0 aliphatic carbocycles. The Balaban J connectivity index is 2.30. The summed E-state index contributed by atoms with van der Waals surface area (Å²) < 4.78 is 10.8. The second-order valence-corrected chi connectivity index (χ2v) is 4.28. The van der Waals surface area contributed by atoms with Crippen molar-refractivity contribution in [2.45, 2.75) is 20.5 Å². The fraction of sp³-hybridized carbons (Fsp3) is 0.286. The quantitative estimate of drug-likeness (QED) is 0.913. The van der Waals surface area contributed by atoms with E-state index in [4.69, 9.17) is 15.2 Å². The van der Waals surface area contributed by atoms with Crippen LogP contribution in [0.15, 0.2) is 24.3 Å². The predicted octanol–water partition coefficient (Wildman–Crippen LogP) is 2.61. The zero-order chi connectivity index (χ0) is 13.8. The van der Waals surface area contributed by atoms with Crippen molar-refractivity contribution < 1.29 is 9.47 Å². The van der Waals surface area contributed by atoms with Gasteiger partial charge in [-0.15, -0.1) is 0 Å². The number of nitrogens with two attached hydrogens (primary N) is 1. The van der Waals surface area contributed by atoms with E-state index in [1.54, 1.807) is 13.2 Å². The Kier molecular flexibility index (Phi) is 3.97. The highest BCUT2D eigenvalue weighted by molar-refractivity contribution is 5.42. The van der Waals surface area contributed by atoms with Gasteiger partial charge in [0.25, 0.3) is 0 Å². The highest BCUT2D eigenvalue weighted by Gasteiger charge is 2.07. The molecule has 1 heterocycles. The Morgan fingerprint density at radius 1 is 1.21 bits per heavy atom. The van der Waals surface area contributed by atoms with Gasteiger partial charge in [0.15, 0.2) is 5.82 Å². The van der Waals surface area contributed by atoms with Crippen LogP contribution in [-0.4, -0.2) is 17.1 Å². The Morgan fingerprint density at radius 3 is 2.74 bits per heavy atom. The number of rotatable bonds is 4. The van der Waals surface area contributed by atoms with Gasteiger partial charge in [-0.05, 0) is 31.0 Å². The number of ether oxygens (including phenoxy) is 2. The fourth-order valence-corrected chi connectivity index (χ4v) is 1.69. The van der Waals surface area contributed by atoms with Crippen LogP contribution in [-0.2, 0) is 11.3 Å². The molecule has 0 aliphatic heterocycles. The molecule has 0 bridgehead atoms. The predicted molar refractivity (Wildman–Crippen MR) is 73.1 cm³/mol. The number of hydrogen-bond acceptors (Lipinski definition) is 5. The van der Waals surface area contributed by atoms with Gasteiger partial charge in [0.05, 0.1) is 0 Å². The molecule has 2 N–H and O–H groups in total. The van der Waals surface area contributed by atoms with E-state index in [-0.39, 0.29) is 0 Å². The molecule has 1 aromatic carbocycles. The van der Waals surface area contributed by atoms with Crippen LogP contribution in [0.2, 0.25) is 0 Å². The van der Waals surface area contributed by atoms with E-state index in [2.05, 4.69) is 9.97 Å². The third kappa shape index (κ3) is 3.20. The lowest BCUT2D eigenvalue weighted by Crippen LogP contribution is -2.03. The van der Waals surface area contributed by atoms with Crippen LogP contribution >= 0.6 is 0 Å². The van der Waals surface area contributed by atoms with Crippen molar-refractivity contribution in [2.24, 2.45) is 0 Å². The van der Waals surface area contributed by atoms with E-state index in [1.807, 2.05) is 32.0 Å². The minimum absolute atomic E-state index is 0.300. The molecular weight excluding hydrogens is 242 g/mol. The zero-order valence-electron chi connectivity index (χ0n) is 11.3. The first-order chi connectivity index (χ1) is 9.10. The fourth-order valence-electron chi connectivity index (χ4n) is 1.69. The smallest absolute Gasteiger partial charge is 0.224 e. The van der Waals surface area contributed by atoms with Gasteiger partial charge in [0, 0.05) is 13.2 Å². The third-order valence-corrected chi connectivity index (χ3v) is 2.81. The van der Waals surface area contributed by atoms with Crippen LogP contribution in [0.3, 0.4) is 0 Å². The average Bonchev–Trinajstić information content (AvgIpc) is 2.35. The second kappa shape index (κ2) is 5.67. The minimum Gasteiger partial charge on any atom is -0.439 e. The minimum atomic E-state index is 0.300. The lowest BCUT2D eigenvalue weighted by atomic mass is 10.1. The van der Waals surface area contributed by atoms with Gasteiger partial charge in [-0.2, -0.15) is 4.98 Å². The number of aromatic nitrogens is 2. The van der Waals surface area contributed by atoms with Gasteiger partial charge < -0.3 is 15.2 Å². The van der Waals surface area contributed by atoms with Gasteiger partial charge in [-0.1, -0.05) is 12.1 Å². The molecule has 0 unspecified atom stereocenters. The molecular formula is C14H17N3O2. The Labute approximate surface area is 112 Å². The van der Waals surface area contributed by atoms with Crippen molar-refractivity contribution in [1.82, 2.24) is 9.97 Å². The number of nitrogens with zero attached hydrogens (tertiary/aromatic N) is 2. The van der Waals surface area contributed by atoms with E-state index < -0.39 is 0 Å². The first-order valence-corrected chi connectivity index (χ1v) is 5.96. The molecule has 2 aromatic rings. The lowest BCUT2D eigenvalue weighted by Gasteiger charge is -2.10. The average molecular weight is 259 g/mol. The normalized spacial score (nSPS) is 10.5. The summed E-state index contributed by atoms with van der Waals surface area (Å²) in [6.07, 6.45) is 0. The van der Waals surface area contributed by atoms with Crippen molar-refractivity contribution >= 4 is 5.82 Å². The van der Waals surface area contributed by atoms with Crippen molar-refractivity contribution in [3.63, 3.8) is 0 Å². The van der Waals surface area contributed by atoms with Crippen LogP contribution in [0.1, 0.15) is 17.0 Å². The van der Waals surface area contributed by atoms with Gasteiger partial charge in [0.2, 0.25) is 5.88 Å². The van der Waals surface area contributed by atoms with Gasteiger partial charge in [-0.3, -0.25) is 0 Å². The van der Waals surface area contributed by atoms with Crippen molar-refractivity contribution in [3.05, 3.63) is 41.2 Å². The first kappa shape index (κ1) is 13.3. The Hall–Kier alpha value is -2.14. The summed E-state index contributed by atoms with van der Waals surface area (Å²) in [5.74, 6) is 2.06. The second-order valence-electron chi connectivity index (χ2n) is 4.28. The highest BCUT2D eigenvalue weighted by Crippen LogP contribution is 2.26. The summed E-state index contributed by atoms with van der Waals surface area (Å²) in [7, 11) is 1.58. The standard InChI is InChI=1S/C14H17N3O2/c1-9-5-4-6-11(10(9)2)19-14-7-12(15)16-13(17-14)8-18-3/h4-7H,8H2,1-3H3,(H2,15,16,17). The summed E-state index contributed by atoms with van der Waals surface area (Å²) in [6.45, 7) is 4.34. The van der Waals surface area contributed by atoms with Crippen LogP contribution in [0.5, 0.6) is 11.6 Å². The van der Waals surface area contributed by atoms with Crippen LogP contribution in [0.4, 0.5) is 5.82 Å². The third-order valence-electron chi connectivity index (χ3n) is 2.81. The lowest BCUT2D eigenvalue weighted by molar-refractivity contribution is 0.177. The molecule has 19 heavy (non-hydrogen) atoms. The Bertz CT molecular complexity index is 585. The Morgan fingerprint density at radius 2 is 2.00 bits per heavy atom. The number of aryl methyl sites for hydroxylation is 1. The van der Waals surface area contributed by atoms with Gasteiger partial charge in [-0.25, -0.2) is 4.98 Å². The largest absolute Gasteiger partial charge is 0.439 e. The van der Waals surface area contributed by atoms with E-state index in [1.165, 1.54) is 0 Å². The summed E-state index contributed by atoms with van der Waals surface area (Å²) in [6, 6.07) is 7.47. The molecule has 2 rings (SSSR count). The van der Waals surface area contributed by atoms with Gasteiger partial charge in [0.1, 0.15) is 18.2 Å². The van der Waals surface area contributed by atoms with E-state index in [0.717, 1.165) is 16.9 Å². The molecule has 0 saturated carbocycles. The maximum Gasteiger partial charge on any atom is 0.224 e. The van der Waals surface area contributed by atoms with E-state index >= 15 is 0 Å². The van der Waals surface area contributed by atoms with Crippen molar-refractivity contribution in [1.29, 1.82) is 0 Å². The molecule has 1 aromatic heterocycles. The summed E-state index contributed by atoms with van der Waals surface area (Å²) in [5, 5.41) is 0. The maximum absolute atomic E-state index is 5.77. The number of hydrogen-bond donors (Lipinski definition) is 1. The topological polar surface area (TPSA) is 70.3 Å². The molecule has 0 aliphatic rings. The van der Waals surface area contributed by atoms with Crippen molar-refractivity contribution in [2.75, 3.05) is 12.8 Å². The number of nitrogen functional groups attached to an aromatic ring is 1. The molecule has 0 radical (unpaired) electrons. The molecule has 0 fully saturated rings. The molecule has 5 heteroatoms. The molecule has 0 spiro atoms. The van der Waals surface area contributed by atoms with Crippen molar-refractivity contribution in [3.8, 4) is 11.6 Å². The molecule has 0 atom stereocenters. The van der Waals surface area contributed by atoms with Crippen LogP contribution in [0, 0.1) is 13.8 Å². The summed E-state index contributed by atoms with van der Waals surface area (Å²) >= 11 is 0. The first-order valence-electron chi connectivity index (χ1n) is 5.96.